The number of aromatic nitrogens is 1. The average Bonchev–Trinajstić information content (AvgIpc) is 3.12. The van der Waals surface area contributed by atoms with E-state index in [1.54, 1.807) is 32.2 Å². The number of benzene rings is 1. The summed E-state index contributed by atoms with van der Waals surface area (Å²) in [6.45, 7) is 5.86. The Morgan fingerprint density at radius 1 is 1.33 bits per heavy atom. The van der Waals surface area contributed by atoms with Crippen LogP contribution >= 0.6 is 11.3 Å². The predicted molar refractivity (Wildman–Crippen MR) is 104 cm³/mol. The third-order valence-corrected chi connectivity index (χ3v) is 5.81. The van der Waals surface area contributed by atoms with Crippen molar-refractivity contribution in [1.29, 1.82) is 0 Å². The van der Waals surface area contributed by atoms with Crippen LogP contribution in [0, 0.1) is 12.3 Å². The molecule has 1 N–H and O–H groups in total. The van der Waals surface area contributed by atoms with E-state index in [0.29, 0.717) is 44.5 Å². The molecule has 6 nitrogen and oxygen atoms in total. The normalized spacial score (nSPS) is 15.6. The topological polar surface area (TPSA) is 81.4 Å². The number of carbonyl (C=O) groups is 2. The summed E-state index contributed by atoms with van der Waals surface area (Å²) in [5.74, 6) is 0.954. The minimum Gasteiger partial charge on any atom is -0.497 e. The summed E-state index contributed by atoms with van der Waals surface area (Å²) in [4.78, 5) is 30.4. The van der Waals surface area contributed by atoms with Crippen LogP contribution in [0.5, 0.6) is 5.75 Å². The fourth-order valence-electron chi connectivity index (χ4n) is 3.54. The van der Waals surface area contributed by atoms with Gasteiger partial charge in [-0.3, -0.25) is 14.9 Å². The fourth-order valence-corrected chi connectivity index (χ4v) is 4.46. The quantitative estimate of drug-likeness (QED) is 0.713. The molecule has 1 amide bonds. The van der Waals surface area contributed by atoms with Gasteiger partial charge < -0.3 is 9.15 Å². The number of nitrogens with one attached hydrogen (secondary N) is 1. The number of hydrogen-bond acceptors (Lipinski definition) is 6. The van der Waals surface area contributed by atoms with Crippen LogP contribution in [-0.4, -0.2) is 23.8 Å². The Morgan fingerprint density at radius 2 is 2.11 bits per heavy atom. The highest BCUT2D eigenvalue weighted by molar-refractivity contribution is 7.17. The van der Waals surface area contributed by atoms with Crippen molar-refractivity contribution in [3.05, 3.63) is 40.1 Å². The summed E-state index contributed by atoms with van der Waals surface area (Å²) < 4.78 is 10.9. The van der Waals surface area contributed by atoms with Crippen LogP contribution in [0.1, 0.15) is 51.8 Å². The van der Waals surface area contributed by atoms with Crippen molar-refractivity contribution in [2.75, 3.05) is 12.4 Å². The summed E-state index contributed by atoms with van der Waals surface area (Å²) >= 11 is 1.24. The van der Waals surface area contributed by atoms with E-state index in [1.165, 1.54) is 11.3 Å². The van der Waals surface area contributed by atoms with Crippen LogP contribution in [0.4, 0.5) is 5.13 Å². The summed E-state index contributed by atoms with van der Waals surface area (Å²) in [7, 11) is 1.58. The molecule has 0 atom stereocenters. The van der Waals surface area contributed by atoms with Gasteiger partial charge in [0.05, 0.1) is 23.2 Å². The minimum atomic E-state index is -0.308. The number of carbonyl (C=O) groups excluding carboxylic acids is 2. The van der Waals surface area contributed by atoms with Crippen molar-refractivity contribution in [1.82, 2.24) is 4.98 Å². The second-order valence-corrected chi connectivity index (χ2v) is 8.58. The van der Waals surface area contributed by atoms with Crippen LogP contribution in [0.15, 0.2) is 22.6 Å². The Kier molecular flexibility index (Phi) is 4.07. The van der Waals surface area contributed by atoms with E-state index >= 15 is 0 Å². The van der Waals surface area contributed by atoms with Gasteiger partial charge in [0.1, 0.15) is 17.1 Å². The van der Waals surface area contributed by atoms with Crippen molar-refractivity contribution in [3.63, 3.8) is 0 Å². The highest BCUT2D eigenvalue weighted by Gasteiger charge is 2.34. The molecule has 140 valence electrons. The summed E-state index contributed by atoms with van der Waals surface area (Å²) in [6, 6.07) is 5.34. The highest BCUT2D eigenvalue weighted by Crippen LogP contribution is 2.38. The standard InChI is InChI=1S/C20H20N2O4S/c1-10-16(12-7-11(25-4)5-6-15(12)26-10)18(24)22-19-21-13-8-20(2,3)9-14(23)17(13)27-19/h5-7H,8-9H2,1-4H3,(H,21,22,24). The first-order valence-electron chi connectivity index (χ1n) is 8.69. The van der Waals surface area contributed by atoms with Gasteiger partial charge in [-0.1, -0.05) is 25.2 Å². The summed E-state index contributed by atoms with van der Waals surface area (Å²) in [5, 5.41) is 3.96. The maximum atomic E-state index is 12.9. The van der Waals surface area contributed by atoms with Crippen LogP contribution < -0.4 is 10.1 Å². The first-order valence-corrected chi connectivity index (χ1v) is 9.50. The number of Topliss-reactive ketones (excluding diaryl/α,β-unsaturated/α-hetero) is 1. The lowest BCUT2D eigenvalue weighted by Gasteiger charge is -2.26. The van der Waals surface area contributed by atoms with Crippen molar-refractivity contribution in [2.45, 2.75) is 33.6 Å². The van der Waals surface area contributed by atoms with Crippen LogP contribution in [-0.2, 0) is 6.42 Å². The number of thiazole rings is 1. The Morgan fingerprint density at radius 3 is 2.85 bits per heavy atom. The number of methoxy groups -OCH3 is 1. The van der Waals surface area contributed by atoms with E-state index in [2.05, 4.69) is 24.1 Å². The molecule has 7 heteroatoms. The van der Waals surface area contributed by atoms with Crippen LogP contribution in [0.25, 0.3) is 11.0 Å². The van der Waals surface area contributed by atoms with Gasteiger partial charge in [0.25, 0.3) is 5.91 Å². The second kappa shape index (κ2) is 6.20. The van der Waals surface area contributed by atoms with E-state index < -0.39 is 0 Å². The zero-order valence-electron chi connectivity index (χ0n) is 15.6. The smallest absolute Gasteiger partial charge is 0.261 e. The number of anilines is 1. The van der Waals surface area contributed by atoms with E-state index in [-0.39, 0.29) is 17.1 Å². The molecular formula is C20H20N2O4S. The Balaban J connectivity index is 1.67. The lowest BCUT2D eigenvalue weighted by atomic mass is 9.78. The second-order valence-electron chi connectivity index (χ2n) is 7.59. The first-order chi connectivity index (χ1) is 12.8. The molecule has 0 saturated carbocycles. The maximum Gasteiger partial charge on any atom is 0.261 e. The van der Waals surface area contributed by atoms with Gasteiger partial charge in [0.15, 0.2) is 10.9 Å². The van der Waals surface area contributed by atoms with Crippen molar-refractivity contribution < 1.29 is 18.7 Å². The number of hydrogen-bond donors (Lipinski definition) is 1. The molecule has 0 saturated heterocycles. The lowest BCUT2D eigenvalue weighted by Crippen LogP contribution is -2.26. The molecule has 3 aromatic rings. The van der Waals surface area contributed by atoms with Gasteiger partial charge in [-0.25, -0.2) is 4.98 Å². The number of ether oxygens (including phenoxy) is 1. The number of furan rings is 1. The van der Waals surface area contributed by atoms with Crippen LogP contribution in [0.2, 0.25) is 0 Å². The summed E-state index contributed by atoms with van der Waals surface area (Å²) in [6.07, 6.45) is 1.23. The summed E-state index contributed by atoms with van der Waals surface area (Å²) in [5.41, 5.74) is 1.73. The molecule has 2 heterocycles. The molecule has 0 unspecified atom stereocenters. The van der Waals surface area contributed by atoms with Gasteiger partial charge in [0.2, 0.25) is 0 Å². The maximum absolute atomic E-state index is 12.9. The SMILES string of the molecule is COc1ccc2oc(C)c(C(=O)Nc3nc4c(s3)C(=O)CC(C)(C)C4)c2c1. The number of fused-ring (bicyclic) bond motifs is 2. The molecule has 1 aromatic carbocycles. The minimum absolute atomic E-state index is 0.0916. The molecule has 0 fully saturated rings. The molecule has 0 aliphatic heterocycles. The molecule has 4 rings (SSSR count). The van der Waals surface area contributed by atoms with Crippen LogP contribution in [0.3, 0.4) is 0 Å². The van der Waals surface area contributed by atoms with Crippen molar-refractivity contribution in [2.24, 2.45) is 5.41 Å². The monoisotopic (exact) mass is 384 g/mol. The molecule has 0 bridgehead atoms. The van der Waals surface area contributed by atoms with Crippen molar-refractivity contribution >= 4 is 39.1 Å². The van der Waals surface area contributed by atoms with E-state index in [9.17, 15) is 9.59 Å². The van der Waals surface area contributed by atoms with Crippen molar-refractivity contribution in [3.8, 4) is 5.75 Å². The molecular weight excluding hydrogens is 364 g/mol. The van der Waals surface area contributed by atoms with E-state index in [1.807, 2.05) is 0 Å². The number of nitrogens with zero attached hydrogens (tertiary/aromatic N) is 1. The fraction of sp³-hybridized carbons (Fsp3) is 0.350. The Bertz CT molecular complexity index is 1080. The molecule has 0 radical (unpaired) electrons. The predicted octanol–water partition coefficient (Wildman–Crippen LogP) is 4.61. The number of ketones is 1. The van der Waals surface area contributed by atoms with E-state index in [4.69, 9.17) is 9.15 Å². The third kappa shape index (κ3) is 3.12. The highest BCUT2D eigenvalue weighted by atomic mass is 32.1. The Labute approximate surface area is 160 Å². The molecule has 1 aliphatic rings. The van der Waals surface area contributed by atoms with Gasteiger partial charge in [-0.05, 0) is 37.0 Å². The van der Waals surface area contributed by atoms with Gasteiger partial charge >= 0.3 is 0 Å². The van der Waals surface area contributed by atoms with Gasteiger partial charge in [-0.15, -0.1) is 0 Å². The molecule has 1 aliphatic carbocycles. The molecule has 2 aromatic heterocycles. The van der Waals surface area contributed by atoms with E-state index in [0.717, 1.165) is 12.1 Å². The Hall–Kier alpha value is -2.67. The third-order valence-electron chi connectivity index (χ3n) is 4.75. The first kappa shape index (κ1) is 17.7. The van der Waals surface area contributed by atoms with Gasteiger partial charge in [0, 0.05) is 11.8 Å². The molecule has 27 heavy (non-hydrogen) atoms. The average molecular weight is 384 g/mol. The molecule has 0 spiro atoms. The lowest BCUT2D eigenvalue weighted by molar-refractivity contribution is 0.0915. The number of aryl methyl sites for hydroxylation is 1. The zero-order valence-corrected chi connectivity index (χ0v) is 16.5. The zero-order chi connectivity index (χ0) is 19.3. The van der Waals surface area contributed by atoms with Gasteiger partial charge in [-0.2, -0.15) is 0 Å². The number of amides is 1. The number of rotatable bonds is 3. The largest absolute Gasteiger partial charge is 0.497 e.